The van der Waals surface area contributed by atoms with E-state index in [2.05, 4.69) is 47.8 Å². The van der Waals surface area contributed by atoms with Gasteiger partial charge in [0.05, 0.1) is 4.47 Å². The molecule has 15 heavy (non-hydrogen) atoms. The highest BCUT2D eigenvalue weighted by molar-refractivity contribution is 9.10. The molecule has 82 valence electrons. The topological polar surface area (TPSA) is 16.1 Å². The second-order valence-corrected chi connectivity index (χ2v) is 5.53. The van der Waals surface area contributed by atoms with Crippen LogP contribution >= 0.6 is 31.9 Å². The molecule has 0 saturated carbocycles. The van der Waals surface area contributed by atoms with E-state index in [0.717, 1.165) is 34.6 Å². The molecule has 1 aliphatic heterocycles. The lowest BCUT2D eigenvalue weighted by Crippen LogP contribution is -2.21. The van der Waals surface area contributed by atoms with Crippen molar-refractivity contribution in [3.63, 3.8) is 0 Å². The monoisotopic (exact) mass is 332 g/mol. The second-order valence-electron chi connectivity index (χ2n) is 3.89. The number of alkyl halides is 1. The number of pyridine rings is 1. The third kappa shape index (κ3) is 2.72. The predicted octanol–water partition coefficient (Wildman–Crippen LogP) is 3.46. The minimum absolute atomic E-state index is 0.818. The SMILES string of the molecule is BrCCC1CCN(c2ncccc2Br)C1. The predicted molar refractivity (Wildman–Crippen MR) is 70.7 cm³/mol. The van der Waals surface area contributed by atoms with E-state index >= 15 is 0 Å². The minimum Gasteiger partial charge on any atom is -0.355 e. The van der Waals surface area contributed by atoms with Gasteiger partial charge in [0.2, 0.25) is 0 Å². The van der Waals surface area contributed by atoms with Crippen LogP contribution in [0.4, 0.5) is 5.82 Å². The Morgan fingerprint density at radius 1 is 1.53 bits per heavy atom. The minimum atomic E-state index is 0.818. The largest absolute Gasteiger partial charge is 0.355 e. The van der Waals surface area contributed by atoms with Crippen LogP contribution in [0, 0.1) is 5.92 Å². The van der Waals surface area contributed by atoms with Gasteiger partial charge in [-0.2, -0.15) is 0 Å². The summed E-state index contributed by atoms with van der Waals surface area (Å²) in [5.41, 5.74) is 0. The van der Waals surface area contributed by atoms with Gasteiger partial charge in [0.15, 0.2) is 0 Å². The normalized spacial score (nSPS) is 20.9. The van der Waals surface area contributed by atoms with Gasteiger partial charge >= 0.3 is 0 Å². The average Bonchev–Trinajstić information content (AvgIpc) is 2.68. The molecule has 1 aromatic heterocycles. The molecule has 0 N–H and O–H groups in total. The van der Waals surface area contributed by atoms with Gasteiger partial charge in [-0.05, 0) is 46.8 Å². The average molecular weight is 334 g/mol. The van der Waals surface area contributed by atoms with Crippen LogP contribution in [0.2, 0.25) is 0 Å². The lowest BCUT2D eigenvalue weighted by molar-refractivity contribution is 0.575. The lowest BCUT2D eigenvalue weighted by atomic mass is 10.1. The summed E-state index contributed by atoms with van der Waals surface area (Å²) in [5.74, 6) is 1.91. The number of anilines is 1. The molecule has 2 nitrogen and oxygen atoms in total. The summed E-state index contributed by atoms with van der Waals surface area (Å²) in [6.45, 7) is 2.27. The van der Waals surface area contributed by atoms with Gasteiger partial charge in [-0.3, -0.25) is 0 Å². The van der Waals surface area contributed by atoms with E-state index < -0.39 is 0 Å². The first-order chi connectivity index (χ1) is 7.31. The van der Waals surface area contributed by atoms with Crippen LogP contribution < -0.4 is 4.90 Å². The maximum atomic E-state index is 4.42. The summed E-state index contributed by atoms with van der Waals surface area (Å²) in [7, 11) is 0. The highest BCUT2D eigenvalue weighted by Gasteiger charge is 2.23. The Labute approximate surface area is 107 Å². The molecule has 1 fully saturated rings. The lowest BCUT2D eigenvalue weighted by Gasteiger charge is -2.18. The Kier molecular flexibility index (Phi) is 4.03. The fourth-order valence-corrected chi connectivity index (χ4v) is 3.18. The van der Waals surface area contributed by atoms with Crippen molar-refractivity contribution in [2.45, 2.75) is 12.8 Å². The van der Waals surface area contributed by atoms with E-state index in [1.807, 2.05) is 12.3 Å². The molecule has 0 amide bonds. The van der Waals surface area contributed by atoms with Gasteiger partial charge in [-0.15, -0.1) is 0 Å². The summed E-state index contributed by atoms with van der Waals surface area (Å²) >= 11 is 7.06. The summed E-state index contributed by atoms with van der Waals surface area (Å²) in [5, 5.41) is 1.11. The van der Waals surface area contributed by atoms with E-state index in [9.17, 15) is 0 Å². The third-order valence-electron chi connectivity index (χ3n) is 2.84. The van der Waals surface area contributed by atoms with E-state index in [1.165, 1.54) is 12.8 Å². The Hall–Kier alpha value is -0.0900. The van der Waals surface area contributed by atoms with Gasteiger partial charge in [0.25, 0.3) is 0 Å². The van der Waals surface area contributed by atoms with Crippen LogP contribution in [-0.2, 0) is 0 Å². The highest BCUT2D eigenvalue weighted by Crippen LogP contribution is 2.29. The number of aromatic nitrogens is 1. The molecule has 0 aliphatic carbocycles. The summed E-state index contributed by atoms with van der Waals surface area (Å²) in [4.78, 5) is 6.79. The standard InChI is InChI=1S/C11H14Br2N2/c12-5-3-9-4-7-15(8-9)11-10(13)2-1-6-14-11/h1-2,6,9H,3-5,7-8H2. The van der Waals surface area contributed by atoms with E-state index in [0.29, 0.717) is 0 Å². The van der Waals surface area contributed by atoms with Gasteiger partial charge < -0.3 is 4.90 Å². The fourth-order valence-electron chi connectivity index (χ4n) is 2.03. The van der Waals surface area contributed by atoms with Crippen molar-refractivity contribution in [1.29, 1.82) is 0 Å². The van der Waals surface area contributed by atoms with Crippen LogP contribution in [0.5, 0.6) is 0 Å². The van der Waals surface area contributed by atoms with Gasteiger partial charge in [0.1, 0.15) is 5.82 Å². The molecule has 0 bridgehead atoms. The van der Waals surface area contributed by atoms with Crippen molar-refractivity contribution < 1.29 is 0 Å². The van der Waals surface area contributed by atoms with E-state index in [-0.39, 0.29) is 0 Å². The first-order valence-electron chi connectivity index (χ1n) is 5.22. The summed E-state index contributed by atoms with van der Waals surface area (Å²) in [6, 6.07) is 4.01. The summed E-state index contributed by atoms with van der Waals surface area (Å²) in [6.07, 6.45) is 4.41. The van der Waals surface area contributed by atoms with Crippen molar-refractivity contribution in [1.82, 2.24) is 4.98 Å². The number of rotatable bonds is 3. The number of halogens is 2. The molecule has 0 aromatic carbocycles. The molecule has 0 radical (unpaired) electrons. The zero-order chi connectivity index (χ0) is 10.7. The van der Waals surface area contributed by atoms with Crippen molar-refractivity contribution in [3.05, 3.63) is 22.8 Å². The fraction of sp³-hybridized carbons (Fsp3) is 0.545. The maximum Gasteiger partial charge on any atom is 0.142 e. The Balaban J connectivity index is 2.04. The molecule has 2 rings (SSSR count). The van der Waals surface area contributed by atoms with Crippen molar-refractivity contribution in [3.8, 4) is 0 Å². The Bertz CT molecular complexity index is 330. The Morgan fingerprint density at radius 2 is 2.40 bits per heavy atom. The zero-order valence-electron chi connectivity index (χ0n) is 8.50. The molecule has 1 aromatic rings. The zero-order valence-corrected chi connectivity index (χ0v) is 11.7. The molecule has 1 unspecified atom stereocenters. The molecule has 1 aliphatic rings. The molecule has 0 spiro atoms. The molecule has 1 atom stereocenters. The van der Waals surface area contributed by atoms with Gasteiger partial charge in [-0.1, -0.05) is 15.9 Å². The van der Waals surface area contributed by atoms with Crippen molar-refractivity contribution in [2.75, 3.05) is 23.3 Å². The van der Waals surface area contributed by atoms with Crippen LogP contribution in [0.25, 0.3) is 0 Å². The highest BCUT2D eigenvalue weighted by atomic mass is 79.9. The molecule has 1 saturated heterocycles. The van der Waals surface area contributed by atoms with Crippen LogP contribution in [-0.4, -0.2) is 23.4 Å². The summed E-state index contributed by atoms with van der Waals surface area (Å²) < 4.78 is 1.10. The first-order valence-corrected chi connectivity index (χ1v) is 7.14. The van der Waals surface area contributed by atoms with E-state index in [4.69, 9.17) is 0 Å². The van der Waals surface area contributed by atoms with Crippen molar-refractivity contribution in [2.24, 2.45) is 5.92 Å². The van der Waals surface area contributed by atoms with Crippen LogP contribution in [0.3, 0.4) is 0 Å². The molecule has 2 heterocycles. The van der Waals surface area contributed by atoms with Crippen molar-refractivity contribution >= 4 is 37.7 Å². The Morgan fingerprint density at radius 3 is 3.13 bits per heavy atom. The number of nitrogens with zero attached hydrogens (tertiary/aromatic N) is 2. The molecular formula is C11H14Br2N2. The molecular weight excluding hydrogens is 320 g/mol. The van der Waals surface area contributed by atoms with Gasteiger partial charge in [-0.25, -0.2) is 4.98 Å². The quantitative estimate of drug-likeness (QED) is 0.787. The van der Waals surface area contributed by atoms with Crippen LogP contribution in [0.15, 0.2) is 22.8 Å². The van der Waals surface area contributed by atoms with E-state index in [1.54, 1.807) is 0 Å². The first kappa shape index (κ1) is 11.4. The number of hydrogen-bond donors (Lipinski definition) is 0. The van der Waals surface area contributed by atoms with Crippen LogP contribution in [0.1, 0.15) is 12.8 Å². The smallest absolute Gasteiger partial charge is 0.142 e. The maximum absolute atomic E-state index is 4.42. The molecule has 4 heteroatoms. The van der Waals surface area contributed by atoms with Gasteiger partial charge in [0, 0.05) is 24.6 Å². The third-order valence-corrected chi connectivity index (χ3v) is 3.92. The number of hydrogen-bond acceptors (Lipinski definition) is 2. The second kappa shape index (κ2) is 5.30.